The Bertz CT molecular complexity index is 1060. The molecule has 0 spiro atoms. The van der Waals surface area contributed by atoms with E-state index >= 15 is 0 Å². The van der Waals surface area contributed by atoms with Gasteiger partial charge in [0.05, 0.1) is 17.5 Å². The van der Waals surface area contributed by atoms with Crippen LogP contribution >= 0.6 is 11.8 Å². The fourth-order valence-corrected chi connectivity index (χ4v) is 3.21. The van der Waals surface area contributed by atoms with Crippen molar-refractivity contribution in [2.24, 2.45) is 0 Å². The van der Waals surface area contributed by atoms with Gasteiger partial charge in [-0.15, -0.1) is 11.8 Å². The van der Waals surface area contributed by atoms with Crippen molar-refractivity contribution in [3.8, 4) is 17.6 Å². The van der Waals surface area contributed by atoms with Crippen LogP contribution in [0, 0.1) is 11.3 Å². The third kappa shape index (κ3) is 5.87. The van der Waals surface area contributed by atoms with Crippen LogP contribution in [-0.2, 0) is 9.53 Å². The molecule has 0 heterocycles. The molecule has 0 aliphatic rings. The fraction of sp³-hybridized carbons (Fsp3) is 0.0870. The summed E-state index contributed by atoms with van der Waals surface area (Å²) in [7, 11) is 0. The van der Waals surface area contributed by atoms with E-state index in [9.17, 15) is 9.59 Å². The quantitative estimate of drug-likeness (QED) is 0.414. The number of hydrogen-bond donors (Lipinski definition) is 1. The summed E-state index contributed by atoms with van der Waals surface area (Å²) < 4.78 is 10.9. The van der Waals surface area contributed by atoms with E-state index in [-0.39, 0.29) is 11.3 Å². The Morgan fingerprint density at radius 2 is 1.63 bits per heavy atom. The number of anilines is 1. The molecule has 0 aliphatic carbocycles. The molecule has 0 saturated heterocycles. The zero-order chi connectivity index (χ0) is 21.2. The number of rotatable bonds is 8. The van der Waals surface area contributed by atoms with Gasteiger partial charge in [0.2, 0.25) is 0 Å². The first-order chi connectivity index (χ1) is 14.7. The van der Waals surface area contributed by atoms with Crippen LogP contribution in [0.3, 0.4) is 0 Å². The molecule has 0 fully saturated rings. The average Bonchev–Trinajstić information content (AvgIpc) is 2.78. The van der Waals surface area contributed by atoms with Crippen molar-refractivity contribution in [3.63, 3.8) is 0 Å². The number of nitriles is 1. The summed E-state index contributed by atoms with van der Waals surface area (Å²) in [4.78, 5) is 25.5. The van der Waals surface area contributed by atoms with Gasteiger partial charge in [0.15, 0.2) is 6.61 Å². The smallest absolute Gasteiger partial charge is 0.342 e. The standard InChI is InChI=1S/C23H18N2O4S/c24-14-15-30-21-13-7-5-11-19(21)25-22(26)16-28-23(27)18-10-4-6-12-20(18)29-17-8-2-1-3-9-17/h1-13H,15-16H2,(H,25,26). The van der Waals surface area contributed by atoms with Gasteiger partial charge in [-0.2, -0.15) is 5.26 Å². The highest BCUT2D eigenvalue weighted by atomic mass is 32.2. The van der Waals surface area contributed by atoms with Crippen LogP contribution in [-0.4, -0.2) is 24.2 Å². The maximum absolute atomic E-state index is 12.5. The largest absolute Gasteiger partial charge is 0.456 e. The Morgan fingerprint density at radius 3 is 2.43 bits per heavy atom. The first-order valence-corrected chi connectivity index (χ1v) is 10.0. The molecule has 0 atom stereocenters. The molecule has 1 N–H and O–H groups in total. The number of hydrogen-bond acceptors (Lipinski definition) is 6. The fourth-order valence-electron chi connectivity index (χ4n) is 2.54. The topological polar surface area (TPSA) is 88.4 Å². The summed E-state index contributed by atoms with van der Waals surface area (Å²) >= 11 is 1.31. The molecule has 0 bridgehead atoms. The Balaban J connectivity index is 1.61. The van der Waals surface area contributed by atoms with Crippen molar-refractivity contribution in [3.05, 3.63) is 84.4 Å². The van der Waals surface area contributed by atoms with Crippen molar-refractivity contribution in [2.75, 3.05) is 17.7 Å². The lowest BCUT2D eigenvalue weighted by atomic mass is 10.2. The van der Waals surface area contributed by atoms with Crippen LogP contribution in [0.4, 0.5) is 5.69 Å². The van der Waals surface area contributed by atoms with Crippen molar-refractivity contribution >= 4 is 29.3 Å². The van der Waals surface area contributed by atoms with E-state index in [0.717, 1.165) is 4.90 Å². The van der Waals surface area contributed by atoms with Crippen LogP contribution in [0.1, 0.15) is 10.4 Å². The van der Waals surface area contributed by atoms with E-state index in [4.69, 9.17) is 14.7 Å². The van der Waals surface area contributed by atoms with E-state index < -0.39 is 18.5 Å². The number of esters is 1. The molecule has 30 heavy (non-hydrogen) atoms. The summed E-state index contributed by atoms with van der Waals surface area (Å²) in [6.45, 7) is -0.449. The van der Waals surface area contributed by atoms with Gasteiger partial charge in [0.1, 0.15) is 17.1 Å². The molecule has 0 unspecified atom stereocenters. The van der Waals surface area contributed by atoms with Gasteiger partial charge >= 0.3 is 5.97 Å². The highest BCUT2D eigenvalue weighted by molar-refractivity contribution is 7.99. The Labute approximate surface area is 178 Å². The van der Waals surface area contributed by atoms with Gasteiger partial charge in [-0.05, 0) is 36.4 Å². The third-order valence-electron chi connectivity index (χ3n) is 3.87. The summed E-state index contributed by atoms with van der Waals surface area (Å²) in [5.41, 5.74) is 0.783. The zero-order valence-corrected chi connectivity index (χ0v) is 16.7. The summed E-state index contributed by atoms with van der Waals surface area (Å²) in [5.74, 6) is 0.0491. The minimum absolute atomic E-state index is 0.221. The SMILES string of the molecule is N#CCSc1ccccc1NC(=O)COC(=O)c1ccccc1Oc1ccccc1. The molecule has 1 amide bonds. The molecule has 3 aromatic carbocycles. The lowest BCUT2D eigenvalue weighted by molar-refractivity contribution is -0.119. The number of benzene rings is 3. The van der Waals surface area contributed by atoms with Crippen LogP contribution < -0.4 is 10.1 Å². The normalized spacial score (nSPS) is 9.97. The highest BCUT2D eigenvalue weighted by Gasteiger charge is 2.16. The molecular weight excluding hydrogens is 400 g/mol. The Kier molecular flexibility index (Phi) is 7.47. The predicted octanol–water partition coefficient (Wildman–Crippen LogP) is 4.89. The highest BCUT2D eigenvalue weighted by Crippen LogP contribution is 2.27. The minimum Gasteiger partial charge on any atom is -0.456 e. The van der Waals surface area contributed by atoms with Gasteiger partial charge in [-0.25, -0.2) is 4.79 Å². The summed E-state index contributed by atoms with van der Waals surface area (Å²) in [6, 6.07) is 24.9. The molecule has 7 heteroatoms. The molecule has 6 nitrogen and oxygen atoms in total. The second kappa shape index (κ2) is 10.7. The van der Waals surface area contributed by atoms with Crippen molar-refractivity contribution in [2.45, 2.75) is 4.90 Å². The van der Waals surface area contributed by atoms with Gasteiger partial charge in [-0.3, -0.25) is 4.79 Å². The van der Waals surface area contributed by atoms with Crippen molar-refractivity contribution < 1.29 is 19.1 Å². The maximum Gasteiger partial charge on any atom is 0.342 e. The number of ether oxygens (including phenoxy) is 2. The van der Waals surface area contributed by atoms with Crippen LogP contribution in [0.15, 0.2) is 83.8 Å². The minimum atomic E-state index is -0.663. The molecule has 3 rings (SSSR count). The number of thioether (sulfide) groups is 1. The van der Waals surface area contributed by atoms with Gasteiger partial charge in [-0.1, -0.05) is 42.5 Å². The van der Waals surface area contributed by atoms with E-state index in [1.54, 1.807) is 54.6 Å². The van der Waals surface area contributed by atoms with E-state index in [1.807, 2.05) is 30.3 Å². The van der Waals surface area contributed by atoms with Gasteiger partial charge < -0.3 is 14.8 Å². The summed E-state index contributed by atoms with van der Waals surface area (Å²) in [5, 5.41) is 11.4. The number of carbonyl (C=O) groups excluding carboxylic acids is 2. The van der Waals surface area contributed by atoms with E-state index in [1.165, 1.54) is 11.8 Å². The monoisotopic (exact) mass is 418 g/mol. The van der Waals surface area contributed by atoms with Crippen LogP contribution in [0.25, 0.3) is 0 Å². The lowest BCUT2D eigenvalue weighted by Gasteiger charge is -2.12. The first kappa shape index (κ1) is 21.0. The molecule has 0 aliphatic heterocycles. The molecule has 0 radical (unpaired) electrons. The van der Waals surface area contributed by atoms with Gasteiger partial charge in [0, 0.05) is 4.90 Å². The molecule has 0 aromatic heterocycles. The number of carbonyl (C=O) groups is 2. The van der Waals surface area contributed by atoms with Crippen molar-refractivity contribution in [1.82, 2.24) is 0 Å². The predicted molar refractivity (Wildman–Crippen MR) is 115 cm³/mol. The van der Waals surface area contributed by atoms with E-state index in [0.29, 0.717) is 17.2 Å². The van der Waals surface area contributed by atoms with Crippen LogP contribution in [0.5, 0.6) is 11.5 Å². The molecular formula is C23H18N2O4S. The Morgan fingerprint density at radius 1 is 0.933 bits per heavy atom. The van der Waals surface area contributed by atoms with E-state index in [2.05, 4.69) is 5.32 Å². The second-order valence-electron chi connectivity index (χ2n) is 5.98. The Hall–Kier alpha value is -3.76. The number of nitrogens with zero attached hydrogens (tertiary/aromatic N) is 1. The van der Waals surface area contributed by atoms with Crippen molar-refractivity contribution in [1.29, 1.82) is 5.26 Å². The molecule has 0 saturated carbocycles. The first-order valence-electron chi connectivity index (χ1n) is 9.05. The zero-order valence-electron chi connectivity index (χ0n) is 15.9. The number of para-hydroxylation sites is 3. The second-order valence-corrected chi connectivity index (χ2v) is 7.00. The van der Waals surface area contributed by atoms with Crippen LogP contribution in [0.2, 0.25) is 0 Å². The number of amides is 1. The average molecular weight is 418 g/mol. The lowest BCUT2D eigenvalue weighted by Crippen LogP contribution is -2.21. The number of nitrogens with one attached hydrogen (secondary N) is 1. The van der Waals surface area contributed by atoms with Gasteiger partial charge in [0.25, 0.3) is 5.91 Å². The third-order valence-corrected chi connectivity index (χ3v) is 4.81. The summed E-state index contributed by atoms with van der Waals surface area (Å²) in [6.07, 6.45) is 0. The maximum atomic E-state index is 12.5. The molecule has 150 valence electrons. The molecule has 3 aromatic rings.